The molecule has 0 aliphatic heterocycles. The minimum atomic E-state index is -0.00782. The highest BCUT2D eigenvalue weighted by Crippen LogP contribution is 2.16. The number of methoxy groups -OCH3 is 1. The summed E-state index contributed by atoms with van der Waals surface area (Å²) in [5, 5.41) is 6.88. The van der Waals surface area contributed by atoms with Gasteiger partial charge < -0.3 is 15.4 Å². The van der Waals surface area contributed by atoms with E-state index in [4.69, 9.17) is 4.74 Å². The molecule has 0 aliphatic carbocycles. The molecule has 1 aromatic heterocycles. The van der Waals surface area contributed by atoms with E-state index in [1.54, 1.807) is 18.4 Å². The Labute approximate surface area is 106 Å². The second kappa shape index (κ2) is 7.37. The van der Waals surface area contributed by atoms with Gasteiger partial charge in [0, 0.05) is 18.5 Å². The van der Waals surface area contributed by atoms with Crippen LogP contribution in [0.5, 0.6) is 0 Å². The van der Waals surface area contributed by atoms with Crippen LogP contribution in [0.3, 0.4) is 0 Å². The van der Waals surface area contributed by atoms with Crippen molar-refractivity contribution in [1.29, 1.82) is 0 Å². The zero-order valence-electron chi connectivity index (χ0n) is 10.5. The maximum Gasteiger partial charge on any atom is 0.234 e. The fraction of sp³-hybridized carbons (Fsp3) is 0.636. The number of carbonyl (C=O) groups is 1. The van der Waals surface area contributed by atoms with Crippen LogP contribution in [-0.4, -0.2) is 37.7 Å². The average molecular weight is 257 g/mol. The molecule has 1 heterocycles. The first-order chi connectivity index (χ1) is 8.13. The Morgan fingerprint density at radius 1 is 1.47 bits per heavy atom. The molecule has 17 heavy (non-hydrogen) atoms. The molecular formula is C11H19N3O2S. The quantitative estimate of drug-likeness (QED) is 0.703. The minimum Gasteiger partial charge on any atom is -0.383 e. The average Bonchev–Trinajstić information content (AvgIpc) is 2.61. The maximum absolute atomic E-state index is 11.5. The van der Waals surface area contributed by atoms with Crippen molar-refractivity contribution in [2.24, 2.45) is 0 Å². The van der Waals surface area contributed by atoms with Gasteiger partial charge in [-0.25, -0.2) is 4.98 Å². The summed E-state index contributed by atoms with van der Waals surface area (Å²) >= 11 is 1.62. The number of nitrogens with zero attached hydrogens (tertiary/aromatic N) is 1. The van der Waals surface area contributed by atoms with E-state index >= 15 is 0 Å². The zero-order valence-corrected chi connectivity index (χ0v) is 11.3. The number of rotatable bonds is 7. The number of amides is 1. The molecule has 6 heteroatoms. The van der Waals surface area contributed by atoms with Crippen LogP contribution in [0.25, 0.3) is 0 Å². The van der Waals surface area contributed by atoms with Crippen molar-refractivity contribution >= 4 is 17.2 Å². The van der Waals surface area contributed by atoms with Crippen molar-refractivity contribution in [3.63, 3.8) is 0 Å². The first-order valence-electron chi connectivity index (χ1n) is 5.52. The lowest BCUT2D eigenvalue weighted by atomic mass is 10.4. The van der Waals surface area contributed by atoms with Gasteiger partial charge in [0.05, 0.1) is 30.4 Å². The van der Waals surface area contributed by atoms with Crippen LogP contribution >= 0.6 is 11.3 Å². The van der Waals surface area contributed by atoms with Gasteiger partial charge in [-0.2, -0.15) is 0 Å². The third-order valence-electron chi connectivity index (χ3n) is 2.21. The molecule has 0 bridgehead atoms. The molecule has 0 unspecified atom stereocenters. The van der Waals surface area contributed by atoms with Gasteiger partial charge in [0.15, 0.2) is 0 Å². The topological polar surface area (TPSA) is 63.2 Å². The molecule has 0 atom stereocenters. The maximum atomic E-state index is 11.5. The van der Waals surface area contributed by atoms with Gasteiger partial charge in [0.25, 0.3) is 0 Å². The number of thiazole rings is 1. The zero-order chi connectivity index (χ0) is 12.7. The van der Waals surface area contributed by atoms with Crippen LogP contribution in [0.2, 0.25) is 0 Å². The van der Waals surface area contributed by atoms with E-state index in [-0.39, 0.29) is 5.91 Å². The Hall–Kier alpha value is -0.980. The van der Waals surface area contributed by atoms with Crippen LogP contribution in [-0.2, 0) is 16.1 Å². The lowest BCUT2D eigenvalue weighted by Gasteiger charge is -2.05. The number of aryl methyl sites for hydroxylation is 2. The van der Waals surface area contributed by atoms with Crippen LogP contribution in [0.1, 0.15) is 15.6 Å². The highest BCUT2D eigenvalue weighted by Gasteiger charge is 2.06. The third-order valence-corrected chi connectivity index (χ3v) is 3.29. The molecule has 0 spiro atoms. The van der Waals surface area contributed by atoms with E-state index in [1.165, 1.54) is 0 Å². The van der Waals surface area contributed by atoms with E-state index in [0.717, 1.165) is 15.6 Å². The monoisotopic (exact) mass is 257 g/mol. The summed E-state index contributed by atoms with van der Waals surface area (Å²) < 4.78 is 4.87. The SMILES string of the molecule is COCCNCC(=O)NCc1sc(C)nc1C. The predicted molar refractivity (Wildman–Crippen MR) is 68.2 cm³/mol. The Kier molecular flexibility index (Phi) is 6.10. The lowest BCUT2D eigenvalue weighted by Crippen LogP contribution is -2.34. The summed E-state index contributed by atoms with van der Waals surface area (Å²) in [4.78, 5) is 16.9. The number of hydrogen-bond acceptors (Lipinski definition) is 5. The highest BCUT2D eigenvalue weighted by molar-refractivity contribution is 7.11. The summed E-state index contributed by atoms with van der Waals surface area (Å²) in [5.74, 6) is -0.00782. The number of nitrogens with one attached hydrogen (secondary N) is 2. The Bertz CT molecular complexity index is 366. The van der Waals surface area contributed by atoms with Crippen molar-refractivity contribution in [3.05, 3.63) is 15.6 Å². The van der Waals surface area contributed by atoms with Gasteiger partial charge >= 0.3 is 0 Å². The second-order valence-corrected chi connectivity index (χ2v) is 4.98. The molecule has 96 valence electrons. The van der Waals surface area contributed by atoms with Gasteiger partial charge in [-0.15, -0.1) is 11.3 Å². The lowest BCUT2D eigenvalue weighted by molar-refractivity contribution is -0.120. The molecule has 0 aromatic carbocycles. The van der Waals surface area contributed by atoms with Crippen molar-refractivity contribution in [3.8, 4) is 0 Å². The second-order valence-electron chi connectivity index (χ2n) is 3.69. The van der Waals surface area contributed by atoms with Crippen molar-refractivity contribution in [2.75, 3.05) is 26.8 Å². The van der Waals surface area contributed by atoms with E-state index in [9.17, 15) is 4.79 Å². The first kappa shape index (κ1) is 14.1. The molecule has 1 rings (SSSR count). The fourth-order valence-electron chi connectivity index (χ4n) is 1.36. The van der Waals surface area contributed by atoms with Gasteiger partial charge in [-0.1, -0.05) is 0 Å². The first-order valence-corrected chi connectivity index (χ1v) is 6.34. The van der Waals surface area contributed by atoms with Gasteiger partial charge in [-0.05, 0) is 13.8 Å². The van der Waals surface area contributed by atoms with Crippen LogP contribution < -0.4 is 10.6 Å². The smallest absolute Gasteiger partial charge is 0.234 e. The molecule has 1 aromatic rings. The van der Waals surface area contributed by atoms with Crippen molar-refractivity contribution in [1.82, 2.24) is 15.6 Å². The van der Waals surface area contributed by atoms with Crippen LogP contribution in [0, 0.1) is 13.8 Å². The molecule has 2 N–H and O–H groups in total. The van der Waals surface area contributed by atoms with Gasteiger partial charge in [-0.3, -0.25) is 4.79 Å². The van der Waals surface area contributed by atoms with E-state index < -0.39 is 0 Å². The van der Waals surface area contributed by atoms with E-state index in [0.29, 0.717) is 26.2 Å². The standard InChI is InChI=1S/C11H19N3O2S/c1-8-10(17-9(2)14-8)6-13-11(15)7-12-4-5-16-3/h12H,4-7H2,1-3H3,(H,13,15). The number of carbonyl (C=O) groups excluding carboxylic acids is 1. The molecule has 5 nitrogen and oxygen atoms in total. The summed E-state index contributed by atoms with van der Waals surface area (Å²) in [6.07, 6.45) is 0. The molecule has 1 amide bonds. The fourth-order valence-corrected chi connectivity index (χ4v) is 2.23. The van der Waals surface area contributed by atoms with Crippen LogP contribution in [0.15, 0.2) is 0 Å². The van der Waals surface area contributed by atoms with E-state index in [2.05, 4.69) is 15.6 Å². The predicted octanol–water partition coefficient (Wildman–Crippen LogP) is 0.612. The number of hydrogen-bond donors (Lipinski definition) is 2. The van der Waals surface area contributed by atoms with Crippen molar-refractivity contribution in [2.45, 2.75) is 20.4 Å². The molecule has 0 fully saturated rings. The molecule has 0 aliphatic rings. The minimum absolute atomic E-state index is 0.00782. The molecule has 0 saturated carbocycles. The van der Waals surface area contributed by atoms with E-state index in [1.807, 2.05) is 13.8 Å². The Morgan fingerprint density at radius 2 is 2.24 bits per heavy atom. The van der Waals surface area contributed by atoms with Gasteiger partial charge in [0.2, 0.25) is 5.91 Å². The molecule has 0 radical (unpaired) electrons. The Morgan fingerprint density at radius 3 is 2.82 bits per heavy atom. The summed E-state index contributed by atoms with van der Waals surface area (Å²) in [7, 11) is 1.64. The number of aromatic nitrogens is 1. The Balaban J connectivity index is 2.21. The van der Waals surface area contributed by atoms with Gasteiger partial charge in [0.1, 0.15) is 0 Å². The molecule has 0 saturated heterocycles. The third kappa shape index (κ3) is 5.25. The summed E-state index contributed by atoms with van der Waals surface area (Å²) in [6, 6.07) is 0. The molecular weight excluding hydrogens is 238 g/mol. The highest BCUT2D eigenvalue weighted by atomic mass is 32.1. The summed E-state index contributed by atoms with van der Waals surface area (Å²) in [5.41, 5.74) is 1.00. The summed E-state index contributed by atoms with van der Waals surface area (Å²) in [6.45, 7) is 6.10. The largest absolute Gasteiger partial charge is 0.383 e. The number of ether oxygens (including phenoxy) is 1. The van der Waals surface area contributed by atoms with Crippen molar-refractivity contribution < 1.29 is 9.53 Å². The normalized spacial score (nSPS) is 10.5. The van der Waals surface area contributed by atoms with Crippen LogP contribution in [0.4, 0.5) is 0 Å².